The summed E-state index contributed by atoms with van der Waals surface area (Å²) in [7, 11) is 0. The number of hydrogen-bond acceptors (Lipinski definition) is 2. The quantitative estimate of drug-likeness (QED) is 0.683. The lowest BCUT2D eigenvalue weighted by molar-refractivity contribution is -0.130. The van der Waals surface area contributed by atoms with Gasteiger partial charge >= 0.3 is 0 Å². The van der Waals surface area contributed by atoms with Crippen LogP contribution in [0.5, 0.6) is 0 Å². The predicted molar refractivity (Wildman–Crippen MR) is 62.3 cm³/mol. The Hall–Kier alpha value is -0.570. The Balaban J connectivity index is 4.74. The SMILES string of the molecule is CCC(CC)(CC(C)(C)CCO)C(N)=O. The molecule has 0 spiro atoms. The number of amides is 1. The molecule has 0 fully saturated rings. The average Bonchev–Trinajstić information content (AvgIpc) is 2.13. The van der Waals surface area contributed by atoms with Gasteiger partial charge in [-0.25, -0.2) is 0 Å². The Labute approximate surface area is 93.0 Å². The molecule has 0 radical (unpaired) electrons. The third-order valence-electron chi connectivity index (χ3n) is 3.48. The van der Waals surface area contributed by atoms with E-state index in [9.17, 15) is 4.79 Å². The summed E-state index contributed by atoms with van der Waals surface area (Å²) in [6.45, 7) is 8.32. The number of carbonyl (C=O) groups is 1. The number of carbonyl (C=O) groups excluding carboxylic acids is 1. The van der Waals surface area contributed by atoms with Gasteiger partial charge in [0.2, 0.25) is 5.91 Å². The standard InChI is InChI=1S/C12H25NO2/c1-5-12(6-2,10(13)15)9-11(3,4)7-8-14/h14H,5-9H2,1-4H3,(H2,13,15). The van der Waals surface area contributed by atoms with Crippen molar-refractivity contribution in [1.29, 1.82) is 0 Å². The van der Waals surface area contributed by atoms with Crippen LogP contribution in [0.25, 0.3) is 0 Å². The molecule has 0 heterocycles. The van der Waals surface area contributed by atoms with Crippen molar-refractivity contribution in [2.24, 2.45) is 16.6 Å². The molecule has 0 unspecified atom stereocenters. The molecule has 3 heteroatoms. The normalized spacial score (nSPS) is 12.9. The minimum atomic E-state index is -0.404. The lowest BCUT2D eigenvalue weighted by atomic mass is 9.68. The number of aliphatic hydroxyl groups excluding tert-OH is 1. The van der Waals surface area contributed by atoms with E-state index in [1.54, 1.807) is 0 Å². The van der Waals surface area contributed by atoms with E-state index in [1.165, 1.54) is 0 Å². The summed E-state index contributed by atoms with van der Waals surface area (Å²) >= 11 is 0. The lowest BCUT2D eigenvalue weighted by Gasteiger charge is -2.36. The monoisotopic (exact) mass is 215 g/mol. The summed E-state index contributed by atoms with van der Waals surface area (Å²) in [5, 5.41) is 8.97. The van der Waals surface area contributed by atoms with E-state index in [0.717, 1.165) is 19.3 Å². The highest BCUT2D eigenvalue weighted by Gasteiger charge is 2.38. The van der Waals surface area contributed by atoms with Gasteiger partial charge in [0.25, 0.3) is 0 Å². The van der Waals surface area contributed by atoms with Crippen molar-refractivity contribution in [3.63, 3.8) is 0 Å². The first-order valence-corrected chi connectivity index (χ1v) is 5.74. The Morgan fingerprint density at radius 1 is 1.27 bits per heavy atom. The van der Waals surface area contributed by atoms with Crippen molar-refractivity contribution < 1.29 is 9.90 Å². The predicted octanol–water partition coefficient (Wildman–Crippen LogP) is 2.08. The van der Waals surface area contributed by atoms with Gasteiger partial charge in [-0.1, -0.05) is 27.7 Å². The third-order valence-corrected chi connectivity index (χ3v) is 3.48. The fourth-order valence-electron chi connectivity index (χ4n) is 2.24. The fraction of sp³-hybridized carbons (Fsp3) is 0.917. The minimum Gasteiger partial charge on any atom is -0.396 e. The first kappa shape index (κ1) is 14.4. The van der Waals surface area contributed by atoms with Gasteiger partial charge in [-0.2, -0.15) is 0 Å². The molecule has 3 nitrogen and oxygen atoms in total. The van der Waals surface area contributed by atoms with Crippen LogP contribution in [-0.2, 0) is 4.79 Å². The van der Waals surface area contributed by atoms with Crippen molar-refractivity contribution in [3.8, 4) is 0 Å². The van der Waals surface area contributed by atoms with Gasteiger partial charge in [0.05, 0.1) is 0 Å². The van der Waals surface area contributed by atoms with E-state index >= 15 is 0 Å². The number of primary amides is 1. The summed E-state index contributed by atoms with van der Waals surface area (Å²) in [4.78, 5) is 11.5. The maximum atomic E-state index is 11.5. The minimum absolute atomic E-state index is 0.0319. The molecule has 0 aliphatic rings. The van der Waals surface area contributed by atoms with E-state index < -0.39 is 5.41 Å². The van der Waals surface area contributed by atoms with Crippen LogP contribution in [0.4, 0.5) is 0 Å². The van der Waals surface area contributed by atoms with Crippen LogP contribution in [0, 0.1) is 10.8 Å². The largest absolute Gasteiger partial charge is 0.396 e. The number of hydrogen-bond donors (Lipinski definition) is 2. The van der Waals surface area contributed by atoms with Crippen LogP contribution in [0.1, 0.15) is 53.4 Å². The van der Waals surface area contributed by atoms with Crippen LogP contribution in [0.3, 0.4) is 0 Å². The average molecular weight is 215 g/mol. The summed E-state index contributed by atoms with van der Waals surface area (Å²) in [6, 6.07) is 0. The van der Waals surface area contributed by atoms with Gasteiger partial charge in [-0.05, 0) is 31.1 Å². The first-order valence-electron chi connectivity index (χ1n) is 5.74. The van der Waals surface area contributed by atoms with Gasteiger partial charge in [-0.3, -0.25) is 4.79 Å². The molecular formula is C12H25NO2. The molecule has 0 aliphatic heterocycles. The Morgan fingerprint density at radius 2 is 1.73 bits per heavy atom. The highest BCUT2D eigenvalue weighted by atomic mass is 16.3. The van der Waals surface area contributed by atoms with E-state index in [4.69, 9.17) is 10.8 Å². The second-order valence-corrected chi connectivity index (χ2v) is 5.17. The van der Waals surface area contributed by atoms with Crippen LogP contribution in [0.2, 0.25) is 0 Å². The number of rotatable bonds is 7. The highest BCUT2D eigenvalue weighted by Crippen LogP contribution is 2.40. The lowest BCUT2D eigenvalue weighted by Crippen LogP contribution is -2.40. The maximum absolute atomic E-state index is 11.5. The van der Waals surface area contributed by atoms with E-state index in [2.05, 4.69) is 13.8 Å². The summed E-state index contributed by atoms with van der Waals surface area (Å²) in [6.07, 6.45) is 3.01. The molecule has 0 atom stereocenters. The molecule has 0 aliphatic carbocycles. The Morgan fingerprint density at radius 3 is 2.00 bits per heavy atom. The molecule has 1 amide bonds. The second kappa shape index (κ2) is 5.50. The van der Waals surface area contributed by atoms with Gasteiger partial charge in [0.15, 0.2) is 0 Å². The van der Waals surface area contributed by atoms with Gasteiger partial charge in [0.1, 0.15) is 0 Å². The van der Waals surface area contributed by atoms with Crippen LogP contribution in [-0.4, -0.2) is 17.6 Å². The highest BCUT2D eigenvalue weighted by molar-refractivity contribution is 5.80. The molecule has 0 aromatic rings. The second-order valence-electron chi connectivity index (χ2n) is 5.17. The third kappa shape index (κ3) is 3.82. The molecule has 0 aromatic heterocycles. The van der Waals surface area contributed by atoms with Crippen molar-refractivity contribution in [2.45, 2.75) is 53.4 Å². The molecule has 0 bridgehead atoms. The summed E-state index contributed by atoms with van der Waals surface area (Å²) < 4.78 is 0. The number of nitrogens with two attached hydrogens (primary N) is 1. The molecule has 0 aromatic carbocycles. The molecule has 15 heavy (non-hydrogen) atoms. The molecule has 0 saturated heterocycles. The van der Waals surface area contributed by atoms with Crippen molar-refractivity contribution in [3.05, 3.63) is 0 Å². The number of aliphatic hydroxyl groups is 1. The zero-order chi connectivity index (χ0) is 12.1. The fourth-order valence-corrected chi connectivity index (χ4v) is 2.24. The van der Waals surface area contributed by atoms with Gasteiger partial charge in [0, 0.05) is 12.0 Å². The van der Waals surface area contributed by atoms with Crippen LogP contribution >= 0.6 is 0 Å². The molecule has 0 rings (SSSR count). The molecule has 0 saturated carbocycles. The van der Waals surface area contributed by atoms with Crippen LogP contribution in [0.15, 0.2) is 0 Å². The zero-order valence-electron chi connectivity index (χ0n) is 10.5. The molecular weight excluding hydrogens is 190 g/mol. The topological polar surface area (TPSA) is 63.3 Å². The van der Waals surface area contributed by atoms with Gasteiger partial charge in [-0.15, -0.1) is 0 Å². The van der Waals surface area contributed by atoms with E-state index in [1.807, 2.05) is 13.8 Å². The summed E-state index contributed by atoms with van der Waals surface area (Å²) in [5.41, 5.74) is 5.06. The van der Waals surface area contributed by atoms with E-state index in [-0.39, 0.29) is 17.9 Å². The molecule has 90 valence electrons. The van der Waals surface area contributed by atoms with Crippen LogP contribution < -0.4 is 5.73 Å². The Bertz CT molecular complexity index is 208. The maximum Gasteiger partial charge on any atom is 0.223 e. The smallest absolute Gasteiger partial charge is 0.223 e. The Kier molecular flexibility index (Phi) is 5.29. The van der Waals surface area contributed by atoms with Crippen molar-refractivity contribution in [1.82, 2.24) is 0 Å². The van der Waals surface area contributed by atoms with Crippen molar-refractivity contribution in [2.75, 3.05) is 6.61 Å². The zero-order valence-corrected chi connectivity index (χ0v) is 10.5. The summed E-state index contributed by atoms with van der Waals surface area (Å²) in [5.74, 6) is -0.210. The van der Waals surface area contributed by atoms with E-state index in [0.29, 0.717) is 6.42 Å². The van der Waals surface area contributed by atoms with Gasteiger partial charge < -0.3 is 10.8 Å². The van der Waals surface area contributed by atoms with Crippen molar-refractivity contribution >= 4 is 5.91 Å². The first-order chi connectivity index (χ1) is 6.83. The molecule has 3 N–H and O–H groups in total.